The summed E-state index contributed by atoms with van der Waals surface area (Å²) in [5, 5.41) is 10.8. The summed E-state index contributed by atoms with van der Waals surface area (Å²) in [7, 11) is 0. The van der Waals surface area contributed by atoms with Crippen LogP contribution in [0.5, 0.6) is 0 Å². The minimum Gasteiger partial charge on any atom is -0.390 e. The fraction of sp³-hybridized carbons (Fsp3) is 1.00. The van der Waals surface area contributed by atoms with E-state index in [-0.39, 0.29) is 18.3 Å². The van der Waals surface area contributed by atoms with Gasteiger partial charge < -0.3 is 19.3 Å². The van der Waals surface area contributed by atoms with Crippen molar-refractivity contribution in [2.75, 3.05) is 0 Å². The molecule has 0 aromatic heterocycles. The van der Waals surface area contributed by atoms with Crippen LogP contribution in [0, 0.1) is 23.7 Å². The average molecular weight is 331 g/mol. The maximum Gasteiger partial charge on any atom is 0.164 e. The molecule has 3 saturated carbocycles. The van der Waals surface area contributed by atoms with Gasteiger partial charge in [0.25, 0.3) is 0 Å². The van der Waals surface area contributed by atoms with Gasteiger partial charge in [0.2, 0.25) is 0 Å². The number of fused-ring (bicyclic) bond motifs is 4. The van der Waals surface area contributed by atoms with Crippen LogP contribution in [0.15, 0.2) is 0 Å². The van der Waals surface area contributed by atoms with E-state index >= 15 is 0 Å². The van der Waals surface area contributed by atoms with Crippen molar-refractivity contribution in [2.45, 2.75) is 61.4 Å². The van der Waals surface area contributed by atoms with Gasteiger partial charge >= 0.3 is 0 Å². The molecule has 5 heteroatoms. The number of aliphatic hydroxyl groups excluding tert-OH is 1. The Labute approximate surface area is 120 Å². The Balaban J connectivity index is 1.59. The largest absolute Gasteiger partial charge is 0.390 e. The second-order valence-electron chi connectivity index (χ2n) is 7.28. The van der Waals surface area contributed by atoms with Crippen molar-refractivity contribution in [3.63, 3.8) is 0 Å². The topological polar surface area (TPSA) is 47.9 Å². The van der Waals surface area contributed by atoms with Gasteiger partial charge in [0, 0.05) is 4.83 Å². The molecule has 0 aromatic carbocycles. The minimum absolute atomic E-state index is 0.102. The lowest BCUT2D eigenvalue weighted by Crippen LogP contribution is -2.57. The highest BCUT2D eigenvalue weighted by Crippen LogP contribution is 2.66. The van der Waals surface area contributed by atoms with E-state index in [1.165, 1.54) is 6.42 Å². The lowest BCUT2D eigenvalue weighted by molar-refractivity contribution is -0.161. The molecule has 3 aliphatic carbocycles. The molecule has 2 aliphatic heterocycles. The Bertz CT molecular complexity index is 441. The van der Waals surface area contributed by atoms with Gasteiger partial charge in [-0.1, -0.05) is 15.9 Å². The molecule has 2 heterocycles. The van der Waals surface area contributed by atoms with E-state index in [2.05, 4.69) is 15.9 Å². The van der Waals surface area contributed by atoms with Crippen molar-refractivity contribution in [3.8, 4) is 0 Å². The lowest BCUT2D eigenvalue weighted by atomic mass is 9.67. The van der Waals surface area contributed by atoms with Crippen molar-refractivity contribution in [1.82, 2.24) is 0 Å². The van der Waals surface area contributed by atoms with Gasteiger partial charge in [0.1, 0.15) is 12.2 Å². The number of hydrogen-bond donors (Lipinski definition) is 1. The standard InChI is InChI=1S/C14H19BrO4/c1-14(2)18-12-9(16)6-4-3-5-7(6)11(13(12)19-14)17-10(5)8(4)15/h4-13,16H,3H2,1-2H3/t4-,5-,6+,7-,8?,9-,10?,11?,12+,13-/m0/s1. The van der Waals surface area contributed by atoms with Crippen LogP contribution in [-0.2, 0) is 14.2 Å². The van der Waals surface area contributed by atoms with Gasteiger partial charge in [-0.05, 0) is 43.9 Å². The Morgan fingerprint density at radius 3 is 2.53 bits per heavy atom. The third-order valence-electron chi connectivity index (χ3n) is 6.03. The van der Waals surface area contributed by atoms with Gasteiger partial charge in [0.15, 0.2) is 5.79 Å². The smallest absolute Gasteiger partial charge is 0.164 e. The lowest BCUT2D eigenvalue weighted by Gasteiger charge is -2.43. The molecular formula is C14H19BrO4. The molecule has 10 atom stereocenters. The summed E-state index contributed by atoms with van der Waals surface area (Å²) in [4.78, 5) is 0.394. The first-order valence-electron chi connectivity index (χ1n) is 7.31. The highest BCUT2D eigenvalue weighted by Gasteiger charge is 2.73. The first kappa shape index (κ1) is 11.9. The number of halogens is 1. The summed E-state index contributed by atoms with van der Waals surface area (Å²) in [6.45, 7) is 3.85. The molecule has 0 spiro atoms. The van der Waals surface area contributed by atoms with Gasteiger partial charge in [-0.15, -0.1) is 0 Å². The molecule has 2 saturated heterocycles. The van der Waals surface area contributed by atoms with Crippen LogP contribution in [0.4, 0.5) is 0 Å². The quantitative estimate of drug-likeness (QED) is 0.680. The summed E-state index contributed by atoms with van der Waals surface area (Å²) in [6.07, 6.45) is 0.879. The van der Waals surface area contributed by atoms with Crippen LogP contribution in [0.1, 0.15) is 20.3 Å². The number of aliphatic hydroxyl groups is 1. The zero-order valence-electron chi connectivity index (χ0n) is 11.0. The molecule has 5 rings (SSSR count). The number of rotatable bonds is 0. The molecule has 5 fully saturated rings. The number of alkyl halides is 1. The zero-order chi connectivity index (χ0) is 13.1. The van der Waals surface area contributed by atoms with Gasteiger partial charge in [0.05, 0.1) is 18.3 Å². The predicted octanol–water partition coefficient (Wildman–Crippen LogP) is 1.29. The molecule has 3 unspecified atom stereocenters. The molecule has 2 bridgehead atoms. The maximum atomic E-state index is 10.8. The van der Waals surface area contributed by atoms with Crippen molar-refractivity contribution < 1.29 is 19.3 Å². The van der Waals surface area contributed by atoms with Crippen LogP contribution in [-0.4, -0.2) is 46.2 Å². The van der Waals surface area contributed by atoms with Crippen molar-refractivity contribution in [1.29, 1.82) is 0 Å². The third kappa shape index (κ3) is 1.26. The van der Waals surface area contributed by atoms with Gasteiger partial charge in [-0.3, -0.25) is 0 Å². The van der Waals surface area contributed by atoms with E-state index in [1.54, 1.807) is 0 Å². The summed E-state index contributed by atoms with van der Waals surface area (Å²) in [6, 6.07) is 0. The van der Waals surface area contributed by atoms with Crippen LogP contribution < -0.4 is 0 Å². The summed E-state index contributed by atoms with van der Waals surface area (Å²) < 4.78 is 18.3. The Morgan fingerprint density at radius 2 is 1.74 bits per heavy atom. The van der Waals surface area contributed by atoms with Crippen LogP contribution in [0.3, 0.4) is 0 Å². The zero-order valence-corrected chi connectivity index (χ0v) is 12.6. The fourth-order valence-electron chi connectivity index (χ4n) is 5.62. The molecule has 5 aliphatic rings. The highest BCUT2D eigenvalue weighted by atomic mass is 79.9. The molecular weight excluding hydrogens is 312 g/mol. The summed E-state index contributed by atoms with van der Waals surface area (Å²) in [5.74, 6) is 1.32. The minimum atomic E-state index is -0.603. The third-order valence-corrected chi connectivity index (χ3v) is 7.23. The van der Waals surface area contributed by atoms with Gasteiger partial charge in [-0.25, -0.2) is 0 Å². The monoisotopic (exact) mass is 330 g/mol. The second-order valence-corrected chi connectivity index (χ2v) is 8.34. The molecule has 0 aromatic rings. The Kier molecular flexibility index (Phi) is 2.12. The molecule has 1 N–H and O–H groups in total. The molecule has 4 nitrogen and oxygen atoms in total. The first-order valence-corrected chi connectivity index (χ1v) is 8.23. The second kappa shape index (κ2) is 3.38. The number of ether oxygens (including phenoxy) is 3. The average Bonchev–Trinajstić information content (AvgIpc) is 2.98. The fourth-order valence-corrected chi connectivity index (χ4v) is 6.70. The van der Waals surface area contributed by atoms with E-state index in [4.69, 9.17) is 14.2 Å². The van der Waals surface area contributed by atoms with Crippen molar-refractivity contribution in [3.05, 3.63) is 0 Å². The molecule has 0 radical (unpaired) electrons. The molecule has 0 amide bonds. The van der Waals surface area contributed by atoms with Crippen molar-refractivity contribution in [2.24, 2.45) is 23.7 Å². The Hall–Kier alpha value is 0.320. The highest BCUT2D eigenvalue weighted by molar-refractivity contribution is 9.09. The van der Waals surface area contributed by atoms with Crippen LogP contribution in [0.2, 0.25) is 0 Å². The van der Waals surface area contributed by atoms with Gasteiger partial charge in [-0.2, -0.15) is 0 Å². The van der Waals surface area contributed by atoms with Crippen molar-refractivity contribution >= 4 is 15.9 Å². The van der Waals surface area contributed by atoms with E-state index in [1.807, 2.05) is 13.8 Å². The van der Waals surface area contributed by atoms with E-state index in [0.29, 0.717) is 34.6 Å². The van der Waals surface area contributed by atoms with Crippen LogP contribution in [0.25, 0.3) is 0 Å². The predicted molar refractivity (Wildman–Crippen MR) is 69.8 cm³/mol. The SMILES string of the molecule is CC1(C)O[C@@H]2[C@@H](O)[C@H]3[C@H]4C(OC5C(Br)[C@H]3C[C@H]54)[C@@H]2O1. The number of hydrogen-bond acceptors (Lipinski definition) is 4. The molecule has 19 heavy (non-hydrogen) atoms. The normalized spacial score (nSPS) is 67.6. The summed E-state index contributed by atoms with van der Waals surface area (Å²) >= 11 is 3.80. The molecule has 106 valence electrons. The Morgan fingerprint density at radius 1 is 1.00 bits per heavy atom. The van der Waals surface area contributed by atoms with E-state index < -0.39 is 11.9 Å². The van der Waals surface area contributed by atoms with Crippen LogP contribution >= 0.6 is 15.9 Å². The first-order chi connectivity index (χ1) is 8.98. The van der Waals surface area contributed by atoms with E-state index in [0.717, 1.165) is 0 Å². The maximum absolute atomic E-state index is 10.8. The summed E-state index contributed by atoms with van der Waals surface area (Å²) in [5.41, 5.74) is 0. The van der Waals surface area contributed by atoms with E-state index in [9.17, 15) is 5.11 Å².